The van der Waals surface area contributed by atoms with E-state index in [4.69, 9.17) is 5.73 Å². The van der Waals surface area contributed by atoms with Crippen molar-refractivity contribution < 1.29 is 9.59 Å². The number of nitrogens with two attached hydrogens (primary N) is 1. The summed E-state index contributed by atoms with van der Waals surface area (Å²) in [6, 6.07) is 14.7. The largest absolute Gasteiger partial charge is 0.399 e. The Morgan fingerprint density at radius 3 is 2.37 bits per heavy atom. The lowest BCUT2D eigenvalue weighted by molar-refractivity contribution is -0.116. The summed E-state index contributed by atoms with van der Waals surface area (Å²) in [6.07, 6.45) is 2.76. The van der Waals surface area contributed by atoms with Gasteiger partial charge in [-0.1, -0.05) is 38.1 Å². The Bertz CT molecular complexity index is 768. The van der Waals surface area contributed by atoms with E-state index in [1.54, 1.807) is 24.3 Å². The minimum atomic E-state index is -0.0955. The first-order chi connectivity index (χ1) is 13.0. The van der Waals surface area contributed by atoms with Crippen molar-refractivity contribution in [2.24, 2.45) is 0 Å². The minimum absolute atomic E-state index is 0.00635. The normalized spacial score (nSPS) is 10.4. The number of amides is 2. The van der Waals surface area contributed by atoms with Gasteiger partial charge in [0.2, 0.25) is 5.91 Å². The summed E-state index contributed by atoms with van der Waals surface area (Å²) in [5.41, 5.74) is 8.82. The number of anilines is 2. The molecular weight excluding hydrogens is 338 g/mol. The van der Waals surface area contributed by atoms with E-state index >= 15 is 0 Å². The monoisotopic (exact) mass is 367 g/mol. The predicted octanol–water partition coefficient (Wildman–Crippen LogP) is 4.10. The van der Waals surface area contributed by atoms with Crippen LogP contribution in [0.5, 0.6) is 0 Å². The van der Waals surface area contributed by atoms with E-state index in [0.29, 0.717) is 29.8 Å². The van der Waals surface area contributed by atoms with Crippen LogP contribution in [0.25, 0.3) is 0 Å². The number of benzene rings is 2. The molecule has 0 radical (unpaired) electrons. The molecule has 0 atom stereocenters. The Morgan fingerprint density at radius 2 is 1.70 bits per heavy atom. The van der Waals surface area contributed by atoms with Gasteiger partial charge in [0.15, 0.2) is 0 Å². The third kappa shape index (κ3) is 6.13. The highest BCUT2D eigenvalue weighted by atomic mass is 16.2. The lowest BCUT2D eigenvalue weighted by atomic mass is 10.1. The molecule has 0 saturated heterocycles. The molecule has 0 aliphatic rings. The molecule has 144 valence electrons. The van der Waals surface area contributed by atoms with Crippen LogP contribution in [-0.4, -0.2) is 29.8 Å². The van der Waals surface area contributed by atoms with Gasteiger partial charge < -0.3 is 16.0 Å². The lowest BCUT2D eigenvalue weighted by Gasteiger charge is -2.21. The Balaban J connectivity index is 1.99. The highest BCUT2D eigenvalue weighted by Gasteiger charge is 2.15. The smallest absolute Gasteiger partial charge is 0.253 e. The van der Waals surface area contributed by atoms with Crippen molar-refractivity contribution in [2.75, 3.05) is 24.1 Å². The molecule has 2 aromatic rings. The molecule has 5 heteroatoms. The van der Waals surface area contributed by atoms with E-state index in [2.05, 4.69) is 19.2 Å². The first-order valence-electron chi connectivity index (χ1n) is 9.57. The second kappa shape index (κ2) is 10.4. The fourth-order valence-corrected chi connectivity index (χ4v) is 3.00. The Labute approximate surface area is 161 Å². The van der Waals surface area contributed by atoms with Crippen LogP contribution in [0.2, 0.25) is 0 Å². The second-order valence-corrected chi connectivity index (χ2v) is 6.62. The van der Waals surface area contributed by atoms with Crippen molar-refractivity contribution in [1.82, 2.24) is 4.90 Å². The first kappa shape index (κ1) is 20.5. The van der Waals surface area contributed by atoms with Crippen LogP contribution in [0.1, 0.15) is 49.0 Å². The molecule has 0 unspecified atom stereocenters. The molecule has 5 nitrogen and oxygen atoms in total. The zero-order valence-electron chi connectivity index (χ0n) is 16.2. The zero-order valence-corrected chi connectivity index (χ0v) is 16.2. The maximum atomic E-state index is 12.7. The number of rotatable bonds is 9. The topological polar surface area (TPSA) is 75.4 Å². The van der Waals surface area contributed by atoms with Gasteiger partial charge in [0.1, 0.15) is 0 Å². The van der Waals surface area contributed by atoms with E-state index in [-0.39, 0.29) is 11.8 Å². The van der Waals surface area contributed by atoms with Gasteiger partial charge in [0.25, 0.3) is 5.91 Å². The molecule has 0 spiro atoms. The number of aryl methyl sites for hydroxylation is 1. The fraction of sp³-hybridized carbons (Fsp3) is 0.364. The van der Waals surface area contributed by atoms with E-state index in [9.17, 15) is 9.59 Å². The van der Waals surface area contributed by atoms with Gasteiger partial charge in [0, 0.05) is 36.4 Å². The van der Waals surface area contributed by atoms with Gasteiger partial charge in [0.05, 0.1) is 0 Å². The number of carbonyl (C=O) groups excluding carboxylic acids is 2. The third-order valence-electron chi connectivity index (χ3n) is 4.34. The number of nitrogens with one attached hydrogen (secondary N) is 1. The predicted molar refractivity (Wildman–Crippen MR) is 111 cm³/mol. The standard InChI is InChI=1S/C22H29N3O2/c1-3-14-25(15-4-2)22(27)18-9-7-10-19(16-18)24-21(26)13-12-17-8-5-6-11-20(17)23/h5-11,16H,3-4,12-15,23H2,1-2H3,(H,24,26). The van der Waals surface area contributed by atoms with E-state index in [0.717, 1.165) is 31.5 Å². The molecule has 0 aromatic heterocycles. The molecule has 0 aliphatic heterocycles. The maximum absolute atomic E-state index is 12.7. The second-order valence-electron chi connectivity index (χ2n) is 6.62. The third-order valence-corrected chi connectivity index (χ3v) is 4.34. The number of carbonyl (C=O) groups is 2. The lowest BCUT2D eigenvalue weighted by Crippen LogP contribution is -2.32. The minimum Gasteiger partial charge on any atom is -0.399 e. The zero-order chi connectivity index (χ0) is 19.6. The van der Waals surface area contributed by atoms with Crippen molar-refractivity contribution in [1.29, 1.82) is 0 Å². The highest BCUT2D eigenvalue weighted by Crippen LogP contribution is 2.16. The number of hydrogen-bond acceptors (Lipinski definition) is 3. The van der Waals surface area contributed by atoms with Crippen LogP contribution in [0.3, 0.4) is 0 Å². The molecule has 2 amide bonds. The van der Waals surface area contributed by atoms with E-state index < -0.39 is 0 Å². The summed E-state index contributed by atoms with van der Waals surface area (Å²) in [5, 5.41) is 2.88. The number of nitrogens with zero attached hydrogens (tertiary/aromatic N) is 1. The average Bonchev–Trinajstić information content (AvgIpc) is 2.67. The van der Waals surface area contributed by atoms with Crippen molar-refractivity contribution in [3.63, 3.8) is 0 Å². The van der Waals surface area contributed by atoms with Crippen LogP contribution in [0.15, 0.2) is 48.5 Å². The van der Waals surface area contributed by atoms with Gasteiger partial charge in [-0.25, -0.2) is 0 Å². The molecule has 0 saturated carbocycles. The Hall–Kier alpha value is -2.82. The van der Waals surface area contributed by atoms with E-state index in [1.807, 2.05) is 29.2 Å². The van der Waals surface area contributed by atoms with Gasteiger partial charge in [-0.05, 0) is 49.1 Å². The van der Waals surface area contributed by atoms with Crippen molar-refractivity contribution in [3.8, 4) is 0 Å². The van der Waals surface area contributed by atoms with Crippen LogP contribution in [0, 0.1) is 0 Å². The van der Waals surface area contributed by atoms with E-state index in [1.165, 1.54) is 0 Å². The number of nitrogen functional groups attached to an aromatic ring is 1. The summed E-state index contributed by atoms with van der Waals surface area (Å²) in [4.78, 5) is 26.8. The summed E-state index contributed by atoms with van der Waals surface area (Å²) < 4.78 is 0. The quantitative estimate of drug-likeness (QED) is 0.655. The summed E-state index contributed by atoms with van der Waals surface area (Å²) in [6.45, 7) is 5.60. The van der Waals surface area contributed by atoms with Crippen LogP contribution < -0.4 is 11.1 Å². The van der Waals surface area contributed by atoms with Crippen molar-refractivity contribution in [2.45, 2.75) is 39.5 Å². The molecule has 0 bridgehead atoms. The van der Waals surface area contributed by atoms with Gasteiger partial charge in [-0.3, -0.25) is 9.59 Å². The van der Waals surface area contributed by atoms with Crippen molar-refractivity contribution in [3.05, 3.63) is 59.7 Å². The summed E-state index contributed by atoms with van der Waals surface area (Å²) >= 11 is 0. The van der Waals surface area contributed by atoms with Gasteiger partial charge in [-0.2, -0.15) is 0 Å². The Morgan fingerprint density at radius 1 is 1.00 bits per heavy atom. The fourth-order valence-electron chi connectivity index (χ4n) is 3.00. The first-order valence-corrected chi connectivity index (χ1v) is 9.57. The Kier molecular flexibility index (Phi) is 7.86. The van der Waals surface area contributed by atoms with Crippen LogP contribution >= 0.6 is 0 Å². The molecule has 0 heterocycles. The average molecular weight is 367 g/mol. The SMILES string of the molecule is CCCN(CCC)C(=O)c1cccc(NC(=O)CCc2ccccc2N)c1. The molecule has 0 aliphatic carbocycles. The highest BCUT2D eigenvalue weighted by molar-refractivity contribution is 5.97. The molecular formula is C22H29N3O2. The van der Waals surface area contributed by atoms with Crippen molar-refractivity contribution >= 4 is 23.2 Å². The molecule has 3 N–H and O–H groups in total. The van der Waals surface area contributed by atoms with Crippen LogP contribution in [-0.2, 0) is 11.2 Å². The summed E-state index contributed by atoms with van der Waals surface area (Å²) in [7, 11) is 0. The maximum Gasteiger partial charge on any atom is 0.253 e. The molecule has 2 aromatic carbocycles. The van der Waals surface area contributed by atoms with Crippen LogP contribution in [0.4, 0.5) is 11.4 Å². The number of hydrogen-bond donors (Lipinski definition) is 2. The molecule has 0 fully saturated rings. The molecule has 27 heavy (non-hydrogen) atoms. The molecule has 2 rings (SSSR count). The summed E-state index contributed by atoms with van der Waals surface area (Å²) in [5.74, 6) is -0.0892. The number of para-hydroxylation sites is 1. The van der Waals surface area contributed by atoms with Gasteiger partial charge >= 0.3 is 0 Å². The van der Waals surface area contributed by atoms with Gasteiger partial charge in [-0.15, -0.1) is 0 Å².